The number of ether oxygens (including phenoxy) is 1. The molecule has 2 aromatic rings. The lowest BCUT2D eigenvalue weighted by molar-refractivity contribution is -0.136. The second-order valence-electron chi connectivity index (χ2n) is 6.10. The van der Waals surface area contributed by atoms with Gasteiger partial charge in [0.15, 0.2) is 5.65 Å². The molecule has 4 heterocycles. The number of carbonyl (C=O) groups excluding carboxylic acids is 1. The van der Waals surface area contributed by atoms with E-state index >= 15 is 0 Å². The minimum absolute atomic E-state index is 0.128. The fraction of sp³-hybridized carbons (Fsp3) is 0.600. The standard InChI is InChI=1S/C15H21N7O2/c1-20-13-11(8-19-20)14(18-10-17-13)21-3-5-22(6-4-21)15(23)12-9-24-7-2-16-12/h8,10,12,16H,2-7,9H2,1H3. The van der Waals surface area contributed by atoms with E-state index in [4.69, 9.17) is 4.74 Å². The lowest BCUT2D eigenvalue weighted by Gasteiger charge is -2.37. The van der Waals surface area contributed by atoms with Crippen LogP contribution in [0, 0.1) is 0 Å². The van der Waals surface area contributed by atoms with E-state index in [0.717, 1.165) is 36.5 Å². The summed E-state index contributed by atoms with van der Waals surface area (Å²) >= 11 is 0. The largest absolute Gasteiger partial charge is 0.378 e. The van der Waals surface area contributed by atoms with Gasteiger partial charge in [-0.3, -0.25) is 9.48 Å². The summed E-state index contributed by atoms with van der Waals surface area (Å²) in [7, 11) is 1.87. The van der Waals surface area contributed by atoms with Gasteiger partial charge in [-0.15, -0.1) is 0 Å². The molecule has 1 atom stereocenters. The number of carbonyl (C=O) groups is 1. The van der Waals surface area contributed by atoms with Gasteiger partial charge in [-0.1, -0.05) is 0 Å². The van der Waals surface area contributed by atoms with Crippen LogP contribution in [0.3, 0.4) is 0 Å². The van der Waals surface area contributed by atoms with Gasteiger partial charge in [-0.2, -0.15) is 5.10 Å². The molecule has 0 bridgehead atoms. The minimum Gasteiger partial charge on any atom is -0.378 e. The van der Waals surface area contributed by atoms with Gasteiger partial charge in [0.05, 0.1) is 24.8 Å². The smallest absolute Gasteiger partial charge is 0.242 e. The molecule has 1 N–H and O–H groups in total. The molecule has 0 radical (unpaired) electrons. The molecule has 9 heteroatoms. The van der Waals surface area contributed by atoms with Crippen molar-refractivity contribution in [1.29, 1.82) is 0 Å². The van der Waals surface area contributed by atoms with Gasteiger partial charge < -0.3 is 19.9 Å². The first-order valence-corrected chi connectivity index (χ1v) is 8.21. The molecular weight excluding hydrogens is 310 g/mol. The molecule has 2 aliphatic heterocycles. The van der Waals surface area contributed by atoms with E-state index < -0.39 is 0 Å². The number of aromatic nitrogens is 4. The van der Waals surface area contributed by atoms with Crippen LogP contribution in [0.4, 0.5) is 5.82 Å². The Balaban J connectivity index is 1.44. The molecule has 0 aliphatic carbocycles. The van der Waals surface area contributed by atoms with Crippen LogP contribution in [0.15, 0.2) is 12.5 Å². The van der Waals surface area contributed by atoms with Crippen molar-refractivity contribution in [2.75, 3.05) is 50.8 Å². The fourth-order valence-corrected chi connectivity index (χ4v) is 3.28. The monoisotopic (exact) mass is 331 g/mol. The van der Waals surface area contributed by atoms with Crippen molar-refractivity contribution in [3.05, 3.63) is 12.5 Å². The van der Waals surface area contributed by atoms with Crippen molar-refractivity contribution in [3.8, 4) is 0 Å². The number of amides is 1. The van der Waals surface area contributed by atoms with Crippen LogP contribution in [-0.4, -0.2) is 82.5 Å². The first-order chi connectivity index (χ1) is 11.7. The molecule has 0 aromatic carbocycles. The summed E-state index contributed by atoms with van der Waals surface area (Å²) in [6, 6.07) is -0.214. The Hall–Kier alpha value is -2.26. The molecule has 4 rings (SSSR count). The Morgan fingerprint density at radius 3 is 2.88 bits per heavy atom. The van der Waals surface area contributed by atoms with Crippen LogP contribution in [0.25, 0.3) is 11.0 Å². The SMILES string of the molecule is Cn1ncc2c(N3CCN(C(=O)C4COCCN4)CC3)ncnc21. The number of hydrogen-bond donors (Lipinski definition) is 1. The van der Waals surface area contributed by atoms with E-state index in [0.29, 0.717) is 26.3 Å². The zero-order valence-corrected chi connectivity index (χ0v) is 13.7. The number of anilines is 1. The predicted octanol–water partition coefficient (Wildman–Crippen LogP) is -1.000. The maximum absolute atomic E-state index is 12.5. The van der Waals surface area contributed by atoms with E-state index in [1.165, 1.54) is 0 Å². The number of hydrogen-bond acceptors (Lipinski definition) is 7. The van der Waals surface area contributed by atoms with Crippen LogP contribution in [-0.2, 0) is 16.6 Å². The summed E-state index contributed by atoms with van der Waals surface area (Å²) in [6.07, 6.45) is 3.37. The molecule has 128 valence electrons. The highest BCUT2D eigenvalue weighted by atomic mass is 16.5. The number of rotatable bonds is 2. The van der Waals surface area contributed by atoms with Crippen LogP contribution >= 0.6 is 0 Å². The topological polar surface area (TPSA) is 88.4 Å². The first-order valence-electron chi connectivity index (χ1n) is 8.21. The molecule has 2 aliphatic rings. The second-order valence-corrected chi connectivity index (χ2v) is 6.10. The normalized spacial score (nSPS) is 22.1. The van der Waals surface area contributed by atoms with Gasteiger partial charge in [-0.25, -0.2) is 9.97 Å². The van der Waals surface area contributed by atoms with Crippen molar-refractivity contribution in [2.24, 2.45) is 7.05 Å². The second kappa shape index (κ2) is 6.33. The Morgan fingerprint density at radius 1 is 1.29 bits per heavy atom. The number of fused-ring (bicyclic) bond motifs is 1. The molecular formula is C15H21N7O2. The average Bonchev–Trinajstić information content (AvgIpc) is 3.03. The number of piperazine rings is 1. The van der Waals surface area contributed by atoms with Gasteiger partial charge in [0, 0.05) is 39.8 Å². The number of aryl methyl sites for hydroxylation is 1. The van der Waals surface area contributed by atoms with Gasteiger partial charge in [0.1, 0.15) is 18.2 Å². The van der Waals surface area contributed by atoms with Crippen LogP contribution in [0.5, 0.6) is 0 Å². The first kappa shape index (κ1) is 15.3. The number of morpholine rings is 1. The molecule has 2 saturated heterocycles. The molecule has 0 spiro atoms. The fourth-order valence-electron chi connectivity index (χ4n) is 3.28. The third kappa shape index (κ3) is 2.69. The van der Waals surface area contributed by atoms with E-state index in [-0.39, 0.29) is 11.9 Å². The van der Waals surface area contributed by atoms with E-state index in [2.05, 4.69) is 25.3 Å². The van der Waals surface area contributed by atoms with Crippen molar-refractivity contribution in [2.45, 2.75) is 6.04 Å². The van der Waals surface area contributed by atoms with Crippen molar-refractivity contribution < 1.29 is 9.53 Å². The maximum atomic E-state index is 12.5. The van der Waals surface area contributed by atoms with E-state index in [1.54, 1.807) is 17.2 Å². The molecule has 1 unspecified atom stereocenters. The summed E-state index contributed by atoms with van der Waals surface area (Å²) in [5.74, 6) is 1.02. The molecule has 2 fully saturated rings. The molecule has 24 heavy (non-hydrogen) atoms. The highest BCUT2D eigenvalue weighted by molar-refractivity contribution is 5.87. The highest BCUT2D eigenvalue weighted by Gasteiger charge is 2.29. The Labute approximate surface area is 139 Å². The Morgan fingerprint density at radius 2 is 2.12 bits per heavy atom. The quantitative estimate of drug-likeness (QED) is 0.755. The number of nitrogens with zero attached hydrogens (tertiary/aromatic N) is 6. The predicted molar refractivity (Wildman–Crippen MR) is 87.7 cm³/mol. The van der Waals surface area contributed by atoms with Crippen LogP contribution < -0.4 is 10.2 Å². The van der Waals surface area contributed by atoms with Gasteiger partial charge in [0.25, 0.3) is 0 Å². The van der Waals surface area contributed by atoms with E-state index in [1.807, 2.05) is 11.9 Å². The average molecular weight is 331 g/mol. The van der Waals surface area contributed by atoms with Crippen molar-refractivity contribution in [3.63, 3.8) is 0 Å². The third-order valence-corrected chi connectivity index (χ3v) is 4.62. The lowest BCUT2D eigenvalue weighted by Crippen LogP contribution is -2.57. The van der Waals surface area contributed by atoms with Crippen LogP contribution in [0.2, 0.25) is 0 Å². The number of nitrogens with one attached hydrogen (secondary N) is 1. The Bertz CT molecular complexity index is 732. The molecule has 0 saturated carbocycles. The van der Waals surface area contributed by atoms with E-state index in [9.17, 15) is 4.79 Å². The highest BCUT2D eigenvalue weighted by Crippen LogP contribution is 2.23. The minimum atomic E-state index is -0.214. The van der Waals surface area contributed by atoms with Gasteiger partial charge in [-0.05, 0) is 0 Å². The lowest BCUT2D eigenvalue weighted by atomic mass is 10.2. The van der Waals surface area contributed by atoms with Crippen molar-refractivity contribution >= 4 is 22.8 Å². The van der Waals surface area contributed by atoms with Gasteiger partial charge >= 0.3 is 0 Å². The summed E-state index contributed by atoms with van der Waals surface area (Å²) in [4.78, 5) is 25.3. The zero-order valence-electron chi connectivity index (χ0n) is 13.7. The van der Waals surface area contributed by atoms with Crippen molar-refractivity contribution in [1.82, 2.24) is 30.0 Å². The third-order valence-electron chi connectivity index (χ3n) is 4.62. The maximum Gasteiger partial charge on any atom is 0.242 e. The Kier molecular flexibility index (Phi) is 4.03. The zero-order chi connectivity index (χ0) is 16.5. The summed E-state index contributed by atoms with van der Waals surface area (Å²) in [5.41, 5.74) is 0.821. The molecule has 9 nitrogen and oxygen atoms in total. The molecule has 2 aromatic heterocycles. The summed E-state index contributed by atoms with van der Waals surface area (Å²) in [5, 5.41) is 8.43. The van der Waals surface area contributed by atoms with Gasteiger partial charge in [0.2, 0.25) is 5.91 Å². The summed E-state index contributed by atoms with van der Waals surface area (Å²) < 4.78 is 7.13. The van der Waals surface area contributed by atoms with Crippen LogP contribution in [0.1, 0.15) is 0 Å². The molecule has 1 amide bonds. The summed E-state index contributed by atoms with van der Waals surface area (Å²) in [6.45, 7) is 4.73.